The van der Waals surface area contributed by atoms with Crippen molar-refractivity contribution in [1.82, 2.24) is 15.5 Å². The molecule has 0 aromatic carbocycles. The van der Waals surface area contributed by atoms with E-state index in [2.05, 4.69) is 29.5 Å². The minimum atomic E-state index is 0.250. The van der Waals surface area contributed by atoms with Gasteiger partial charge in [-0.05, 0) is 25.2 Å². The zero-order chi connectivity index (χ0) is 17.1. The Hall–Kier alpha value is -1.26. The van der Waals surface area contributed by atoms with Crippen molar-refractivity contribution in [2.75, 3.05) is 26.7 Å². The molecular formula is C18H36N4O. The number of hydrogen-bond acceptors (Lipinski definition) is 2. The van der Waals surface area contributed by atoms with Crippen LogP contribution < -0.4 is 10.6 Å². The van der Waals surface area contributed by atoms with Crippen molar-refractivity contribution in [1.29, 1.82) is 0 Å². The summed E-state index contributed by atoms with van der Waals surface area (Å²) in [7, 11) is 1.82. The lowest BCUT2D eigenvalue weighted by molar-refractivity contribution is -0.129. The molecule has 5 nitrogen and oxygen atoms in total. The number of carbonyl (C=O) groups excluding carboxylic acids is 1. The molecule has 1 fully saturated rings. The molecule has 134 valence electrons. The maximum Gasteiger partial charge on any atom is 0.222 e. The number of nitrogens with zero attached hydrogens (tertiary/aromatic N) is 2. The number of likely N-dealkylation sites (tertiary alicyclic amines) is 1. The van der Waals surface area contributed by atoms with E-state index in [4.69, 9.17) is 0 Å². The van der Waals surface area contributed by atoms with Crippen LogP contribution in [0, 0.1) is 5.92 Å². The Bertz CT molecular complexity index is 370. The molecule has 0 aliphatic carbocycles. The Morgan fingerprint density at radius 1 is 1.26 bits per heavy atom. The normalized spacial score (nSPS) is 19.7. The molecule has 1 rings (SSSR count). The minimum absolute atomic E-state index is 0.250. The summed E-state index contributed by atoms with van der Waals surface area (Å²) in [4.78, 5) is 18.0. The van der Waals surface area contributed by atoms with Crippen LogP contribution in [0.25, 0.3) is 0 Å². The van der Waals surface area contributed by atoms with Gasteiger partial charge in [0.15, 0.2) is 5.96 Å². The standard InChI is InChI=1S/C18H36N4O/c1-5-8-10-15(9-6-2)13-20-18(19-4)21-16-11-12-22(14-16)17(23)7-3/h15-16H,5-14H2,1-4H3,(H2,19,20,21). The second kappa shape index (κ2) is 11.3. The van der Waals surface area contributed by atoms with Gasteiger partial charge in [0.2, 0.25) is 5.91 Å². The summed E-state index contributed by atoms with van der Waals surface area (Å²) in [6, 6.07) is 0.317. The van der Waals surface area contributed by atoms with Crippen molar-refractivity contribution in [3.8, 4) is 0 Å². The SMILES string of the molecule is CCCCC(CCC)CNC(=NC)NC1CCN(C(=O)CC)C1. The predicted octanol–water partition coefficient (Wildman–Crippen LogP) is 2.77. The lowest BCUT2D eigenvalue weighted by Gasteiger charge is -2.21. The first-order chi connectivity index (χ1) is 11.1. The second-order valence-corrected chi connectivity index (χ2v) is 6.57. The van der Waals surface area contributed by atoms with E-state index in [9.17, 15) is 4.79 Å². The van der Waals surface area contributed by atoms with E-state index in [0.29, 0.717) is 12.5 Å². The molecule has 1 aliphatic heterocycles. The molecular weight excluding hydrogens is 288 g/mol. The van der Waals surface area contributed by atoms with Crippen LogP contribution in [0.4, 0.5) is 0 Å². The topological polar surface area (TPSA) is 56.7 Å². The highest BCUT2D eigenvalue weighted by Gasteiger charge is 2.25. The largest absolute Gasteiger partial charge is 0.356 e. The van der Waals surface area contributed by atoms with Crippen molar-refractivity contribution >= 4 is 11.9 Å². The van der Waals surface area contributed by atoms with Crippen LogP contribution in [0.2, 0.25) is 0 Å². The van der Waals surface area contributed by atoms with Crippen molar-refractivity contribution < 1.29 is 4.79 Å². The molecule has 0 spiro atoms. The first-order valence-electron chi connectivity index (χ1n) is 9.39. The van der Waals surface area contributed by atoms with Gasteiger partial charge in [0.1, 0.15) is 0 Å². The molecule has 5 heteroatoms. The Labute approximate surface area is 142 Å². The fourth-order valence-corrected chi connectivity index (χ4v) is 3.21. The monoisotopic (exact) mass is 324 g/mol. The van der Waals surface area contributed by atoms with Gasteiger partial charge in [0, 0.05) is 39.1 Å². The average Bonchev–Trinajstić information content (AvgIpc) is 3.03. The van der Waals surface area contributed by atoms with Crippen molar-refractivity contribution in [2.45, 2.75) is 71.8 Å². The number of amides is 1. The van der Waals surface area contributed by atoms with E-state index in [0.717, 1.165) is 37.9 Å². The van der Waals surface area contributed by atoms with E-state index >= 15 is 0 Å². The molecule has 1 aliphatic rings. The summed E-state index contributed by atoms with van der Waals surface area (Å²) in [6.07, 6.45) is 7.95. The first kappa shape index (κ1) is 19.8. The van der Waals surface area contributed by atoms with E-state index in [1.165, 1.54) is 32.1 Å². The fourth-order valence-electron chi connectivity index (χ4n) is 3.21. The quantitative estimate of drug-likeness (QED) is 0.506. The highest BCUT2D eigenvalue weighted by Crippen LogP contribution is 2.14. The molecule has 1 heterocycles. The van der Waals surface area contributed by atoms with Gasteiger partial charge in [0.25, 0.3) is 0 Å². The van der Waals surface area contributed by atoms with Gasteiger partial charge in [-0.1, -0.05) is 40.0 Å². The molecule has 2 atom stereocenters. The Morgan fingerprint density at radius 2 is 2.04 bits per heavy atom. The number of rotatable bonds is 9. The fraction of sp³-hybridized carbons (Fsp3) is 0.889. The van der Waals surface area contributed by atoms with Gasteiger partial charge in [-0.15, -0.1) is 0 Å². The third-order valence-corrected chi connectivity index (χ3v) is 4.63. The smallest absolute Gasteiger partial charge is 0.222 e. The van der Waals surface area contributed by atoms with Crippen molar-refractivity contribution in [3.05, 3.63) is 0 Å². The van der Waals surface area contributed by atoms with Crippen LogP contribution in [-0.4, -0.2) is 49.5 Å². The molecule has 2 N–H and O–H groups in total. The van der Waals surface area contributed by atoms with Gasteiger partial charge < -0.3 is 15.5 Å². The Balaban J connectivity index is 2.38. The van der Waals surface area contributed by atoms with Gasteiger partial charge >= 0.3 is 0 Å². The van der Waals surface area contributed by atoms with Crippen LogP contribution in [0.3, 0.4) is 0 Å². The third-order valence-electron chi connectivity index (χ3n) is 4.63. The highest BCUT2D eigenvalue weighted by atomic mass is 16.2. The van der Waals surface area contributed by atoms with Gasteiger partial charge in [-0.2, -0.15) is 0 Å². The molecule has 1 saturated heterocycles. The number of carbonyl (C=O) groups is 1. The average molecular weight is 325 g/mol. The van der Waals surface area contributed by atoms with Crippen LogP contribution in [0.1, 0.15) is 65.7 Å². The number of aliphatic imine (C=N–C) groups is 1. The van der Waals surface area contributed by atoms with Crippen molar-refractivity contribution in [2.24, 2.45) is 10.9 Å². The molecule has 23 heavy (non-hydrogen) atoms. The number of hydrogen-bond donors (Lipinski definition) is 2. The lowest BCUT2D eigenvalue weighted by Crippen LogP contribution is -2.46. The van der Waals surface area contributed by atoms with Crippen LogP contribution in [0.5, 0.6) is 0 Å². The van der Waals surface area contributed by atoms with Crippen LogP contribution in [0.15, 0.2) is 4.99 Å². The van der Waals surface area contributed by atoms with Crippen LogP contribution in [-0.2, 0) is 4.79 Å². The molecule has 0 aromatic rings. The number of guanidine groups is 1. The summed E-state index contributed by atoms with van der Waals surface area (Å²) in [5.74, 6) is 1.85. The van der Waals surface area contributed by atoms with Crippen LogP contribution >= 0.6 is 0 Å². The Morgan fingerprint density at radius 3 is 2.65 bits per heavy atom. The molecule has 0 bridgehead atoms. The first-order valence-corrected chi connectivity index (χ1v) is 9.39. The maximum absolute atomic E-state index is 11.8. The molecule has 2 unspecified atom stereocenters. The summed E-state index contributed by atoms with van der Waals surface area (Å²) < 4.78 is 0. The maximum atomic E-state index is 11.8. The number of nitrogens with one attached hydrogen (secondary N) is 2. The van der Waals surface area contributed by atoms with Gasteiger partial charge in [-0.25, -0.2) is 0 Å². The van der Waals surface area contributed by atoms with E-state index in [-0.39, 0.29) is 5.91 Å². The lowest BCUT2D eigenvalue weighted by atomic mass is 9.97. The summed E-state index contributed by atoms with van der Waals surface area (Å²) >= 11 is 0. The summed E-state index contributed by atoms with van der Waals surface area (Å²) in [6.45, 7) is 9.06. The van der Waals surface area contributed by atoms with Gasteiger partial charge in [-0.3, -0.25) is 9.79 Å². The van der Waals surface area contributed by atoms with Crippen molar-refractivity contribution in [3.63, 3.8) is 0 Å². The zero-order valence-electron chi connectivity index (χ0n) is 15.5. The summed E-state index contributed by atoms with van der Waals surface area (Å²) in [5.41, 5.74) is 0. The predicted molar refractivity (Wildman–Crippen MR) is 97.7 cm³/mol. The molecule has 0 saturated carbocycles. The van der Waals surface area contributed by atoms with Gasteiger partial charge in [0.05, 0.1) is 0 Å². The zero-order valence-corrected chi connectivity index (χ0v) is 15.5. The second-order valence-electron chi connectivity index (χ2n) is 6.57. The Kier molecular flexibility index (Phi) is 9.72. The highest BCUT2D eigenvalue weighted by molar-refractivity contribution is 5.80. The number of unbranched alkanes of at least 4 members (excludes halogenated alkanes) is 1. The van der Waals surface area contributed by atoms with E-state index in [1.54, 1.807) is 0 Å². The minimum Gasteiger partial charge on any atom is -0.356 e. The summed E-state index contributed by atoms with van der Waals surface area (Å²) in [5, 5.41) is 6.96. The third kappa shape index (κ3) is 7.23. The molecule has 0 radical (unpaired) electrons. The van der Waals surface area contributed by atoms with E-state index < -0.39 is 0 Å². The molecule has 0 aromatic heterocycles. The molecule has 1 amide bonds. The van der Waals surface area contributed by atoms with E-state index in [1.807, 2.05) is 18.9 Å².